The fraction of sp³-hybridized carbons (Fsp3) is 0.700. The molecule has 0 bridgehead atoms. The van der Waals surface area contributed by atoms with Gasteiger partial charge in [-0.2, -0.15) is 0 Å². The van der Waals surface area contributed by atoms with Gasteiger partial charge >= 0.3 is 0 Å². The Balaban J connectivity index is 1.78. The minimum atomic E-state index is 0.754. The third-order valence-electron chi connectivity index (χ3n) is 2.57. The highest BCUT2D eigenvalue weighted by Crippen LogP contribution is 2.18. The lowest BCUT2D eigenvalue weighted by atomic mass is 10.2. The minimum absolute atomic E-state index is 0.754. The molecule has 1 N–H and O–H groups in total. The minimum Gasteiger partial charge on any atom is -0.308 e. The summed E-state index contributed by atoms with van der Waals surface area (Å²) in [5.74, 6) is 0. The van der Waals surface area contributed by atoms with Crippen LogP contribution in [-0.4, -0.2) is 11.0 Å². The van der Waals surface area contributed by atoms with E-state index in [1.807, 2.05) is 6.20 Å². The van der Waals surface area contributed by atoms with Crippen LogP contribution in [0.4, 0.5) is 0 Å². The van der Waals surface area contributed by atoms with E-state index in [9.17, 15) is 0 Å². The maximum absolute atomic E-state index is 4.33. The molecule has 0 atom stereocenters. The van der Waals surface area contributed by atoms with Gasteiger partial charge in [0.25, 0.3) is 0 Å². The van der Waals surface area contributed by atoms with Gasteiger partial charge in [-0.05, 0) is 19.8 Å². The number of rotatable bonds is 3. The van der Waals surface area contributed by atoms with Crippen molar-refractivity contribution in [3.05, 3.63) is 16.1 Å². The second kappa shape index (κ2) is 4.20. The molecule has 0 radical (unpaired) electrons. The van der Waals surface area contributed by atoms with Crippen LogP contribution in [0.15, 0.2) is 6.20 Å². The van der Waals surface area contributed by atoms with Crippen LogP contribution >= 0.6 is 11.3 Å². The second-order valence-electron chi connectivity index (χ2n) is 3.73. The SMILES string of the molecule is Cc1cnc(CNC2CCCC2)s1. The highest BCUT2D eigenvalue weighted by Gasteiger charge is 2.14. The predicted octanol–water partition coefficient (Wildman–Crippen LogP) is 2.48. The Kier molecular flexibility index (Phi) is 2.96. The van der Waals surface area contributed by atoms with Crippen LogP contribution in [0.5, 0.6) is 0 Å². The van der Waals surface area contributed by atoms with Crippen molar-refractivity contribution in [2.75, 3.05) is 0 Å². The Bertz CT molecular complexity index is 264. The number of hydrogen-bond acceptors (Lipinski definition) is 3. The van der Waals surface area contributed by atoms with Crippen molar-refractivity contribution in [3.8, 4) is 0 Å². The van der Waals surface area contributed by atoms with E-state index in [2.05, 4.69) is 17.2 Å². The highest BCUT2D eigenvalue weighted by molar-refractivity contribution is 7.11. The molecule has 2 nitrogen and oxygen atoms in total. The highest BCUT2D eigenvalue weighted by atomic mass is 32.1. The summed E-state index contributed by atoms with van der Waals surface area (Å²) < 4.78 is 0. The van der Waals surface area contributed by atoms with E-state index in [1.54, 1.807) is 11.3 Å². The van der Waals surface area contributed by atoms with E-state index in [-0.39, 0.29) is 0 Å². The van der Waals surface area contributed by atoms with Crippen LogP contribution in [0.25, 0.3) is 0 Å². The van der Waals surface area contributed by atoms with E-state index in [0.29, 0.717) is 0 Å². The third-order valence-corrected chi connectivity index (χ3v) is 3.48. The summed E-state index contributed by atoms with van der Waals surface area (Å²) in [6, 6.07) is 0.754. The topological polar surface area (TPSA) is 24.9 Å². The quantitative estimate of drug-likeness (QED) is 0.803. The zero-order valence-electron chi connectivity index (χ0n) is 8.05. The summed E-state index contributed by atoms with van der Waals surface area (Å²) in [6.07, 6.45) is 7.45. The van der Waals surface area contributed by atoms with Gasteiger partial charge in [0.1, 0.15) is 5.01 Å². The van der Waals surface area contributed by atoms with Crippen LogP contribution in [0, 0.1) is 6.92 Å². The summed E-state index contributed by atoms with van der Waals surface area (Å²) in [5, 5.41) is 4.79. The number of nitrogens with one attached hydrogen (secondary N) is 1. The molecule has 1 heterocycles. The standard InChI is InChI=1S/C10H16N2S/c1-8-6-12-10(13-8)7-11-9-4-2-3-5-9/h6,9,11H,2-5,7H2,1H3. The van der Waals surface area contributed by atoms with Crippen LogP contribution in [0.3, 0.4) is 0 Å². The first kappa shape index (κ1) is 9.16. The first-order chi connectivity index (χ1) is 6.34. The molecule has 2 rings (SSSR count). The fourth-order valence-corrected chi connectivity index (χ4v) is 2.58. The Hall–Kier alpha value is -0.410. The molecule has 1 aliphatic rings. The second-order valence-corrected chi connectivity index (χ2v) is 5.05. The van der Waals surface area contributed by atoms with Crippen molar-refractivity contribution in [3.63, 3.8) is 0 Å². The van der Waals surface area contributed by atoms with Crippen LogP contribution in [-0.2, 0) is 6.54 Å². The van der Waals surface area contributed by atoms with Gasteiger partial charge in [0, 0.05) is 23.7 Å². The summed E-state index contributed by atoms with van der Waals surface area (Å²) in [7, 11) is 0. The maximum atomic E-state index is 4.33. The number of thiazole rings is 1. The molecule has 72 valence electrons. The van der Waals surface area contributed by atoms with Crippen molar-refractivity contribution >= 4 is 11.3 Å². The molecule has 0 aliphatic heterocycles. The van der Waals surface area contributed by atoms with E-state index >= 15 is 0 Å². The Morgan fingerprint density at radius 2 is 2.31 bits per heavy atom. The molecule has 0 unspecified atom stereocenters. The van der Waals surface area contributed by atoms with Gasteiger partial charge in [0.15, 0.2) is 0 Å². The Morgan fingerprint density at radius 3 is 2.92 bits per heavy atom. The first-order valence-corrected chi connectivity index (χ1v) is 5.81. The average Bonchev–Trinajstić information content (AvgIpc) is 2.71. The summed E-state index contributed by atoms with van der Waals surface area (Å²) in [5.41, 5.74) is 0. The lowest BCUT2D eigenvalue weighted by Gasteiger charge is -2.09. The Morgan fingerprint density at radius 1 is 1.54 bits per heavy atom. The molecule has 1 aliphatic carbocycles. The van der Waals surface area contributed by atoms with Gasteiger partial charge in [-0.25, -0.2) is 4.98 Å². The molecular weight excluding hydrogens is 180 g/mol. The summed E-state index contributed by atoms with van der Waals surface area (Å²) in [4.78, 5) is 5.64. The molecule has 1 saturated carbocycles. The van der Waals surface area contributed by atoms with Gasteiger partial charge in [-0.15, -0.1) is 11.3 Å². The van der Waals surface area contributed by atoms with E-state index in [0.717, 1.165) is 12.6 Å². The summed E-state index contributed by atoms with van der Waals surface area (Å²) >= 11 is 1.80. The average molecular weight is 196 g/mol. The lowest BCUT2D eigenvalue weighted by Crippen LogP contribution is -2.25. The van der Waals surface area contributed by atoms with Gasteiger partial charge in [0.2, 0.25) is 0 Å². The van der Waals surface area contributed by atoms with Crippen LogP contribution in [0.2, 0.25) is 0 Å². The van der Waals surface area contributed by atoms with Crippen molar-refractivity contribution < 1.29 is 0 Å². The summed E-state index contributed by atoms with van der Waals surface area (Å²) in [6.45, 7) is 3.07. The first-order valence-electron chi connectivity index (χ1n) is 4.99. The molecule has 0 spiro atoms. The molecule has 13 heavy (non-hydrogen) atoms. The van der Waals surface area contributed by atoms with E-state index in [4.69, 9.17) is 0 Å². The molecule has 1 aromatic heterocycles. The molecule has 1 fully saturated rings. The lowest BCUT2D eigenvalue weighted by molar-refractivity contribution is 0.523. The van der Waals surface area contributed by atoms with E-state index < -0.39 is 0 Å². The third kappa shape index (κ3) is 2.51. The molecule has 1 aromatic rings. The normalized spacial score (nSPS) is 18.2. The van der Waals surface area contributed by atoms with Gasteiger partial charge in [-0.1, -0.05) is 12.8 Å². The van der Waals surface area contributed by atoms with Crippen molar-refractivity contribution in [2.24, 2.45) is 0 Å². The largest absolute Gasteiger partial charge is 0.308 e. The maximum Gasteiger partial charge on any atom is 0.107 e. The van der Waals surface area contributed by atoms with Crippen molar-refractivity contribution in [2.45, 2.75) is 45.2 Å². The number of nitrogens with zero attached hydrogens (tertiary/aromatic N) is 1. The Labute approximate surface area is 83.4 Å². The van der Waals surface area contributed by atoms with Gasteiger partial charge in [-0.3, -0.25) is 0 Å². The molecular formula is C10H16N2S. The zero-order valence-corrected chi connectivity index (χ0v) is 8.86. The van der Waals surface area contributed by atoms with Gasteiger partial charge in [0.05, 0.1) is 0 Å². The number of aromatic nitrogens is 1. The number of hydrogen-bond donors (Lipinski definition) is 1. The van der Waals surface area contributed by atoms with Crippen LogP contribution < -0.4 is 5.32 Å². The molecule has 0 aromatic carbocycles. The van der Waals surface area contributed by atoms with Crippen LogP contribution in [0.1, 0.15) is 35.6 Å². The fourth-order valence-electron chi connectivity index (χ4n) is 1.84. The molecule has 0 amide bonds. The predicted molar refractivity (Wildman–Crippen MR) is 55.9 cm³/mol. The zero-order chi connectivity index (χ0) is 9.10. The van der Waals surface area contributed by atoms with Crippen molar-refractivity contribution in [1.82, 2.24) is 10.3 Å². The smallest absolute Gasteiger partial charge is 0.107 e. The van der Waals surface area contributed by atoms with E-state index in [1.165, 1.54) is 35.6 Å². The van der Waals surface area contributed by atoms with Gasteiger partial charge < -0.3 is 5.32 Å². The monoisotopic (exact) mass is 196 g/mol. The molecule has 0 saturated heterocycles. The van der Waals surface area contributed by atoms with Crippen molar-refractivity contribution in [1.29, 1.82) is 0 Å². The number of aryl methyl sites for hydroxylation is 1. The molecule has 3 heteroatoms.